The second kappa shape index (κ2) is 3.78. The van der Waals surface area contributed by atoms with Crippen molar-refractivity contribution in [3.05, 3.63) is 34.9 Å². The van der Waals surface area contributed by atoms with Crippen molar-refractivity contribution in [1.82, 2.24) is 4.90 Å². The lowest BCUT2D eigenvalue weighted by molar-refractivity contribution is -0.0574. The number of aliphatic hydroxyl groups excluding tert-OH is 1. The minimum atomic E-state index is -0.156. The van der Waals surface area contributed by atoms with E-state index in [1.165, 1.54) is 5.56 Å². The molecule has 2 nitrogen and oxygen atoms in total. The van der Waals surface area contributed by atoms with E-state index in [1.54, 1.807) is 0 Å². The third-order valence-electron chi connectivity index (χ3n) is 3.20. The van der Waals surface area contributed by atoms with Crippen molar-refractivity contribution < 1.29 is 5.11 Å². The van der Waals surface area contributed by atoms with Gasteiger partial charge in [0.2, 0.25) is 0 Å². The van der Waals surface area contributed by atoms with Crippen molar-refractivity contribution in [1.29, 1.82) is 0 Å². The zero-order valence-corrected chi connectivity index (χ0v) is 9.83. The van der Waals surface area contributed by atoms with Gasteiger partial charge in [0.1, 0.15) is 0 Å². The van der Waals surface area contributed by atoms with E-state index < -0.39 is 0 Å². The largest absolute Gasteiger partial charge is 0.390 e. The smallest absolute Gasteiger partial charge is 0.0794 e. The SMILES string of the molecule is CC(C)(c1ccc(Cl)cc1)N1CC(O)C1. The molecule has 0 amide bonds. The fourth-order valence-corrected chi connectivity index (χ4v) is 2.08. The molecule has 0 saturated carbocycles. The molecule has 1 aliphatic heterocycles. The van der Waals surface area contributed by atoms with Crippen LogP contribution in [0.3, 0.4) is 0 Å². The highest BCUT2D eigenvalue weighted by atomic mass is 35.5. The lowest BCUT2D eigenvalue weighted by atomic mass is 9.89. The Bertz CT molecular complexity index is 341. The van der Waals surface area contributed by atoms with Crippen molar-refractivity contribution in [2.24, 2.45) is 0 Å². The Labute approximate surface area is 95.5 Å². The van der Waals surface area contributed by atoms with Gasteiger partial charge < -0.3 is 5.11 Å². The zero-order valence-electron chi connectivity index (χ0n) is 9.07. The number of hydrogen-bond donors (Lipinski definition) is 1. The van der Waals surface area contributed by atoms with Gasteiger partial charge in [0.25, 0.3) is 0 Å². The average molecular weight is 226 g/mol. The molecule has 1 heterocycles. The van der Waals surface area contributed by atoms with Crippen LogP contribution in [-0.4, -0.2) is 29.2 Å². The first-order valence-electron chi connectivity index (χ1n) is 5.19. The van der Waals surface area contributed by atoms with E-state index >= 15 is 0 Å². The molecule has 0 atom stereocenters. The van der Waals surface area contributed by atoms with Crippen LogP contribution in [0.15, 0.2) is 24.3 Å². The maximum absolute atomic E-state index is 9.31. The molecule has 82 valence electrons. The Morgan fingerprint density at radius 3 is 2.27 bits per heavy atom. The van der Waals surface area contributed by atoms with Crippen LogP contribution in [0.4, 0.5) is 0 Å². The normalized spacial score (nSPS) is 18.9. The Kier molecular flexibility index (Phi) is 2.75. The maximum Gasteiger partial charge on any atom is 0.0794 e. The number of aliphatic hydroxyl groups is 1. The zero-order chi connectivity index (χ0) is 11.1. The van der Waals surface area contributed by atoms with Gasteiger partial charge in [-0.15, -0.1) is 0 Å². The van der Waals surface area contributed by atoms with Gasteiger partial charge in [0.15, 0.2) is 0 Å². The lowest BCUT2D eigenvalue weighted by Gasteiger charge is -2.47. The van der Waals surface area contributed by atoms with Gasteiger partial charge in [-0.1, -0.05) is 23.7 Å². The number of nitrogens with zero attached hydrogens (tertiary/aromatic N) is 1. The van der Waals surface area contributed by atoms with E-state index in [9.17, 15) is 5.11 Å². The molecule has 1 fully saturated rings. The van der Waals surface area contributed by atoms with Crippen LogP contribution in [0.1, 0.15) is 19.4 Å². The maximum atomic E-state index is 9.31. The summed E-state index contributed by atoms with van der Waals surface area (Å²) in [5.74, 6) is 0. The minimum Gasteiger partial charge on any atom is -0.390 e. The highest BCUT2D eigenvalue weighted by Crippen LogP contribution is 2.32. The number of benzene rings is 1. The van der Waals surface area contributed by atoms with Crippen molar-refractivity contribution >= 4 is 11.6 Å². The van der Waals surface area contributed by atoms with E-state index in [-0.39, 0.29) is 11.6 Å². The predicted molar refractivity (Wildman–Crippen MR) is 62.1 cm³/mol. The van der Waals surface area contributed by atoms with E-state index in [0.717, 1.165) is 18.1 Å². The van der Waals surface area contributed by atoms with Gasteiger partial charge >= 0.3 is 0 Å². The van der Waals surface area contributed by atoms with Crippen molar-refractivity contribution in [3.8, 4) is 0 Å². The third-order valence-corrected chi connectivity index (χ3v) is 3.46. The van der Waals surface area contributed by atoms with Crippen LogP contribution in [-0.2, 0) is 5.54 Å². The second-order valence-electron chi connectivity index (χ2n) is 4.62. The fourth-order valence-electron chi connectivity index (χ4n) is 1.95. The molecule has 0 radical (unpaired) electrons. The average Bonchev–Trinajstić information content (AvgIpc) is 2.13. The molecule has 3 heteroatoms. The minimum absolute atomic E-state index is 0.0240. The summed E-state index contributed by atoms with van der Waals surface area (Å²) in [5, 5.41) is 10.1. The summed E-state index contributed by atoms with van der Waals surface area (Å²) in [5.41, 5.74) is 1.21. The van der Waals surface area contributed by atoms with E-state index in [4.69, 9.17) is 11.6 Å². The molecule has 1 aliphatic rings. The summed E-state index contributed by atoms with van der Waals surface area (Å²) < 4.78 is 0. The van der Waals surface area contributed by atoms with E-state index in [2.05, 4.69) is 18.7 Å². The first-order chi connectivity index (χ1) is 7.00. The van der Waals surface area contributed by atoms with Crippen LogP contribution in [0.25, 0.3) is 0 Å². The Balaban J connectivity index is 2.18. The molecule has 1 aromatic carbocycles. The molecular weight excluding hydrogens is 210 g/mol. The van der Waals surface area contributed by atoms with Gasteiger partial charge in [-0.05, 0) is 31.5 Å². The van der Waals surface area contributed by atoms with Crippen molar-refractivity contribution in [2.75, 3.05) is 13.1 Å². The summed E-state index contributed by atoms with van der Waals surface area (Å²) in [7, 11) is 0. The summed E-state index contributed by atoms with van der Waals surface area (Å²) >= 11 is 5.86. The first kappa shape index (κ1) is 10.9. The molecule has 0 spiro atoms. The lowest BCUT2D eigenvalue weighted by Crippen LogP contribution is -2.58. The van der Waals surface area contributed by atoms with E-state index in [1.807, 2.05) is 24.3 Å². The Morgan fingerprint density at radius 2 is 1.80 bits per heavy atom. The summed E-state index contributed by atoms with van der Waals surface area (Å²) in [6, 6.07) is 7.92. The number of likely N-dealkylation sites (tertiary alicyclic amines) is 1. The molecule has 0 aliphatic carbocycles. The van der Waals surface area contributed by atoms with Gasteiger partial charge in [-0.3, -0.25) is 4.90 Å². The summed E-state index contributed by atoms with van der Waals surface area (Å²) in [6.07, 6.45) is -0.156. The molecule has 1 aromatic rings. The highest BCUT2D eigenvalue weighted by molar-refractivity contribution is 6.30. The van der Waals surface area contributed by atoms with Gasteiger partial charge in [-0.2, -0.15) is 0 Å². The number of hydrogen-bond acceptors (Lipinski definition) is 2. The highest BCUT2D eigenvalue weighted by Gasteiger charge is 2.37. The monoisotopic (exact) mass is 225 g/mol. The second-order valence-corrected chi connectivity index (χ2v) is 5.06. The topological polar surface area (TPSA) is 23.5 Å². The third kappa shape index (κ3) is 2.03. The Morgan fingerprint density at radius 1 is 1.27 bits per heavy atom. The van der Waals surface area contributed by atoms with Crippen LogP contribution < -0.4 is 0 Å². The molecule has 0 unspecified atom stereocenters. The summed E-state index contributed by atoms with van der Waals surface area (Å²) in [4.78, 5) is 2.26. The van der Waals surface area contributed by atoms with Crippen LogP contribution in [0.2, 0.25) is 5.02 Å². The molecule has 1 saturated heterocycles. The van der Waals surface area contributed by atoms with E-state index in [0.29, 0.717) is 0 Å². The van der Waals surface area contributed by atoms with Crippen molar-refractivity contribution in [3.63, 3.8) is 0 Å². The number of halogens is 1. The van der Waals surface area contributed by atoms with Gasteiger partial charge in [0, 0.05) is 23.7 Å². The van der Waals surface area contributed by atoms with Crippen LogP contribution >= 0.6 is 11.6 Å². The number of β-amino-alcohol motifs (C(OH)–C–C–N with tert-alkyl or cyclic N) is 1. The standard InChI is InChI=1S/C12H16ClNO/c1-12(2,14-7-11(15)8-14)9-3-5-10(13)6-4-9/h3-6,11,15H,7-8H2,1-2H3. The van der Waals surface area contributed by atoms with Crippen LogP contribution in [0, 0.1) is 0 Å². The fraction of sp³-hybridized carbons (Fsp3) is 0.500. The molecule has 0 bridgehead atoms. The van der Waals surface area contributed by atoms with Gasteiger partial charge in [-0.25, -0.2) is 0 Å². The molecule has 1 N–H and O–H groups in total. The molecule has 0 aromatic heterocycles. The quantitative estimate of drug-likeness (QED) is 0.835. The first-order valence-corrected chi connectivity index (χ1v) is 5.57. The molecule has 15 heavy (non-hydrogen) atoms. The molecular formula is C12H16ClNO. The van der Waals surface area contributed by atoms with Crippen LogP contribution in [0.5, 0.6) is 0 Å². The van der Waals surface area contributed by atoms with Crippen molar-refractivity contribution in [2.45, 2.75) is 25.5 Å². The summed E-state index contributed by atoms with van der Waals surface area (Å²) in [6.45, 7) is 5.86. The molecule has 2 rings (SSSR count). The van der Waals surface area contributed by atoms with Gasteiger partial charge in [0.05, 0.1) is 6.10 Å². The number of rotatable bonds is 2. The Hall–Kier alpha value is -0.570. The predicted octanol–water partition coefficient (Wildman–Crippen LogP) is 2.25.